The zero-order valence-corrected chi connectivity index (χ0v) is 24.8. The van der Waals surface area contributed by atoms with Crippen molar-refractivity contribution < 1.29 is 23.9 Å². The second-order valence-corrected chi connectivity index (χ2v) is 14.0. The Labute approximate surface area is 241 Å². The maximum absolute atomic E-state index is 13.1. The van der Waals surface area contributed by atoms with Gasteiger partial charge < -0.3 is 19.7 Å². The van der Waals surface area contributed by atoms with Gasteiger partial charge in [-0.1, -0.05) is 57.7 Å². The molecule has 37 heavy (non-hydrogen) atoms. The Morgan fingerprint density at radius 1 is 1.24 bits per heavy atom. The average Bonchev–Trinajstić information content (AvgIpc) is 3.24. The van der Waals surface area contributed by atoms with Crippen LogP contribution in [0.1, 0.15) is 20.8 Å². The summed E-state index contributed by atoms with van der Waals surface area (Å²) in [6, 6.07) is 7.81. The Hall–Kier alpha value is -1.63. The van der Waals surface area contributed by atoms with E-state index in [4.69, 9.17) is 44.3 Å². The van der Waals surface area contributed by atoms with E-state index in [1.54, 1.807) is 31.4 Å². The van der Waals surface area contributed by atoms with E-state index in [-0.39, 0.29) is 24.4 Å². The Bertz CT molecular complexity index is 1180. The van der Waals surface area contributed by atoms with Crippen LogP contribution in [-0.4, -0.2) is 56.7 Å². The van der Waals surface area contributed by atoms with E-state index in [1.807, 2.05) is 31.2 Å². The summed E-state index contributed by atoms with van der Waals surface area (Å²) in [7, 11) is 2.86. The van der Waals surface area contributed by atoms with E-state index < -0.39 is 28.3 Å². The first-order chi connectivity index (χ1) is 17.5. The molecule has 1 aliphatic heterocycles. The number of likely N-dealkylation sites (tertiary alicyclic amines) is 1. The first-order valence-corrected chi connectivity index (χ1v) is 15.1. The van der Waals surface area contributed by atoms with E-state index in [1.165, 1.54) is 32.6 Å². The number of fused-ring (bicyclic) bond motifs is 1. The molecule has 0 saturated carbocycles. The minimum absolute atomic E-state index is 0.240. The summed E-state index contributed by atoms with van der Waals surface area (Å²) in [5.74, 6) is -1.88. The molecule has 2 heterocycles. The molecule has 1 N–H and O–H groups in total. The van der Waals surface area contributed by atoms with Gasteiger partial charge in [0.25, 0.3) is 0 Å². The zero-order chi connectivity index (χ0) is 27.2. The quantitative estimate of drug-likeness (QED) is 0.111. The molecular formula is C23H24Cl3N3O5S3. The molecule has 2 aromatic rings. The van der Waals surface area contributed by atoms with Crippen molar-refractivity contribution in [3.8, 4) is 0 Å². The number of aromatic nitrogens is 1. The van der Waals surface area contributed by atoms with Gasteiger partial charge in [0.15, 0.2) is 4.34 Å². The molecule has 2 atom stereocenters. The monoisotopic (exact) mass is 623 g/mol. The molecule has 200 valence electrons. The van der Waals surface area contributed by atoms with Gasteiger partial charge in [-0.15, -0.1) is 11.3 Å². The number of alkyl halides is 3. The molecule has 3 rings (SSSR count). The molecule has 1 amide bonds. The summed E-state index contributed by atoms with van der Waals surface area (Å²) >= 11 is 18.5. The van der Waals surface area contributed by atoms with Crippen molar-refractivity contribution in [2.75, 3.05) is 19.8 Å². The van der Waals surface area contributed by atoms with Gasteiger partial charge in [0.1, 0.15) is 18.5 Å². The van der Waals surface area contributed by atoms with Gasteiger partial charge in [-0.3, -0.25) is 9.59 Å². The lowest BCUT2D eigenvalue weighted by Gasteiger charge is -2.46. The molecule has 14 heteroatoms. The zero-order valence-electron chi connectivity index (χ0n) is 20.0. The van der Waals surface area contributed by atoms with Crippen LogP contribution < -0.4 is 5.32 Å². The minimum Gasteiger partial charge on any atom is -0.463 e. The molecule has 1 aromatic carbocycles. The Morgan fingerprint density at radius 3 is 2.65 bits per heavy atom. The number of β-lactam (4-membered cyclic amide) rings is 1. The second kappa shape index (κ2) is 13.4. The third-order valence-electron chi connectivity index (χ3n) is 4.97. The number of amides is 1. The highest BCUT2D eigenvalue weighted by molar-refractivity contribution is 8.77. The number of esters is 2. The molecule has 1 saturated heterocycles. The molecule has 8 nitrogen and oxygen atoms in total. The molecule has 2 unspecified atom stereocenters. The molecule has 1 aromatic heterocycles. The first-order valence-electron chi connectivity index (χ1n) is 11.0. The predicted octanol–water partition coefficient (Wildman–Crippen LogP) is 5.69. The SMILES string of the molecule is CCOC(=O)C=C(C)NC=C(C)C1C(=O)N(CC(=O)OCC(Cl)(Cl)Cl)C1SSc1nc2ccccc2s1. The van der Waals surface area contributed by atoms with E-state index in [0.717, 1.165) is 20.1 Å². The number of ether oxygens (including phenoxy) is 2. The number of halogens is 3. The van der Waals surface area contributed by atoms with Crippen molar-refractivity contribution in [3.63, 3.8) is 0 Å². The molecule has 0 bridgehead atoms. The van der Waals surface area contributed by atoms with Crippen molar-refractivity contribution in [2.45, 2.75) is 34.3 Å². The number of para-hydroxylation sites is 1. The van der Waals surface area contributed by atoms with Gasteiger partial charge in [-0.05, 0) is 49.3 Å². The van der Waals surface area contributed by atoms with E-state index >= 15 is 0 Å². The number of rotatable bonds is 11. The third kappa shape index (κ3) is 8.69. The maximum atomic E-state index is 13.1. The van der Waals surface area contributed by atoms with Crippen LogP contribution in [0.5, 0.6) is 0 Å². The lowest BCUT2D eigenvalue weighted by molar-refractivity contribution is -0.158. The largest absolute Gasteiger partial charge is 0.463 e. The average molecular weight is 625 g/mol. The van der Waals surface area contributed by atoms with Crippen molar-refractivity contribution in [1.29, 1.82) is 0 Å². The summed E-state index contributed by atoms with van der Waals surface area (Å²) < 4.78 is 10.1. The summed E-state index contributed by atoms with van der Waals surface area (Å²) in [6.45, 7) is 4.82. The fourth-order valence-electron chi connectivity index (χ4n) is 3.26. The topological polar surface area (TPSA) is 97.8 Å². The number of hydrogen-bond donors (Lipinski definition) is 1. The smallest absolute Gasteiger partial charge is 0.332 e. The molecule has 1 fully saturated rings. The number of carbonyl (C=O) groups is 3. The van der Waals surface area contributed by atoms with Crippen molar-refractivity contribution in [3.05, 3.63) is 47.8 Å². The van der Waals surface area contributed by atoms with Crippen LogP contribution in [0.15, 0.2) is 52.2 Å². The van der Waals surface area contributed by atoms with Crippen molar-refractivity contribution in [1.82, 2.24) is 15.2 Å². The highest BCUT2D eigenvalue weighted by Crippen LogP contribution is 2.48. The van der Waals surface area contributed by atoms with Crippen molar-refractivity contribution >= 4 is 95.8 Å². The lowest BCUT2D eigenvalue weighted by atomic mass is 9.91. The van der Waals surface area contributed by atoms with Crippen LogP contribution in [0.2, 0.25) is 0 Å². The van der Waals surface area contributed by atoms with Gasteiger partial charge in [-0.2, -0.15) is 0 Å². The molecule has 0 spiro atoms. The fraction of sp³-hybridized carbons (Fsp3) is 0.391. The van der Waals surface area contributed by atoms with Crippen LogP contribution in [0, 0.1) is 5.92 Å². The number of nitrogens with one attached hydrogen (secondary N) is 1. The molecule has 0 radical (unpaired) electrons. The number of allylic oxidation sites excluding steroid dienone is 1. The highest BCUT2D eigenvalue weighted by Gasteiger charge is 2.49. The fourth-order valence-corrected chi connectivity index (χ4v) is 7.53. The van der Waals surface area contributed by atoms with Gasteiger partial charge in [0, 0.05) is 18.0 Å². The highest BCUT2D eigenvalue weighted by atomic mass is 35.6. The van der Waals surface area contributed by atoms with E-state index in [2.05, 4.69) is 10.3 Å². The molecular weight excluding hydrogens is 601 g/mol. The number of benzene rings is 1. The van der Waals surface area contributed by atoms with Gasteiger partial charge in [0.05, 0.1) is 22.7 Å². The van der Waals surface area contributed by atoms with Crippen LogP contribution in [0.25, 0.3) is 10.2 Å². The van der Waals surface area contributed by atoms with E-state index in [9.17, 15) is 14.4 Å². The van der Waals surface area contributed by atoms with Gasteiger partial charge >= 0.3 is 11.9 Å². The Morgan fingerprint density at radius 2 is 1.97 bits per heavy atom. The number of hydrogen-bond acceptors (Lipinski definition) is 10. The second-order valence-electron chi connectivity index (χ2n) is 7.85. The maximum Gasteiger partial charge on any atom is 0.332 e. The normalized spacial score (nSPS) is 18.5. The summed E-state index contributed by atoms with van der Waals surface area (Å²) in [6.07, 6.45) is 3.00. The van der Waals surface area contributed by atoms with Crippen LogP contribution >= 0.6 is 67.7 Å². The van der Waals surface area contributed by atoms with E-state index in [0.29, 0.717) is 5.70 Å². The molecule has 0 aliphatic carbocycles. The lowest BCUT2D eigenvalue weighted by Crippen LogP contribution is -2.61. The van der Waals surface area contributed by atoms with Crippen molar-refractivity contribution in [2.24, 2.45) is 5.92 Å². The van der Waals surface area contributed by atoms with Crippen LogP contribution in [0.3, 0.4) is 0 Å². The number of thiazole rings is 1. The van der Waals surface area contributed by atoms with Crippen LogP contribution in [-0.2, 0) is 23.9 Å². The van der Waals surface area contributed by atoms with Gasteiger partial charge in [-0.25, -0.2) is 9.78 Å². The predicted molar refractivity (Wildman–Crippen MR) is 151 cm³/mol. The number of carbonyl (C=O) groups excluding carboxylic acids is 3. The summed E-state index contributed by atoms with van der Waals surface area (Å²) in [5, 5.41) is 2.63. The Kier molecular flexibility index (Phi) is 10.9. The summed E-state index contributed by atoms with van der Waals surface area (Å²) in [4.78, 5) is 43.1. The Balaban J connectivity index is 1.72. The number of nitrogens with zero attached hydrogens (tertiary/aromatic N) is 2. The van der Waals surface area contributed by atoms with Gasteiger partial charge in [0.2, 0.25) is 9.70 Å². The summed E-state index contributed by atoms with van der Waals surface area (Å²) in [5.41, 5.74) is 2.19. The standard InChI is InChI=1S/C23H24Cl3N3O5S3/c1-4-33-17(30)9-14(3)27-10-13(2)19-20(32)29(11-18(31)34-12-23(24,25)26)21(19)36-37-22-28-15-7-5-6-8-16(15)35-22/h5-10,19,21,27H,4,11-12H2,1-3H3. The minimum atomic E-state index is -1.74. The molecule has 1 aliphatic rings. The third-order valence-corrected chi connectivity index (χ3v) is 9.35. The first kappa shape index (κ1) is 29.9. The van der Waals surface area contributed by atoms with Crippen LogP contribution in [0.4, 0.5) is 0 Å².